The Morgan fingerprint density at radius 1 is 1.00 bits per heavy atom. The van der Waals surface area contributed by atoms with E-state index >= 15 is 0 Å². The summed E-state index contributed by atoms with van der Waals surface area (Å²) < 4.78 is 5.94. The van der Waals surface area contributed by atoms with Gasteiger partial charge >= 0.3 is 0 Å². The van der Waals surface area contributed by atoms with E-state index in [4.69, 9.17) is 10.5 Å². The van der Waals surface area contributed by atoms with Crippen molar-refractivity contribution in [2.75, 3.05) is 19.8 Å². The molecule has 5 fully saturated rings. The third-order valence-corrected chi connectivity index (χ3v) is 6.93. The van der Waals surface area contributed by atoms with E-state index in [1.54, 1.807) is 6.42 Å². The van der Waals surface area contributed by atoms with Crippen LogP contribution in [-0.2, 0) is 4.74 Å². The summed E-state index contributed by atoms with van der Waals surface area (Å²) in [6.45, 7) is 2.85. The van der Waals surface area contributed by atoms with Crippen LogP contribution in [0.1, 0.15) is 51.4 Å². The largest absolute Gasteiger partial charge is 0.381 e. The molecule has 0 spiro atoms. The molecular weight excluding hydrogens is 234 g/mol. The Morgan fingerprint density at radius 2 is 1.68 bits per heavy atom. The topological polar surface area (TPSA) is 35.2 Å². The van der Waals surface area contributed by atoms with Crippen LogP contribution in [0.25, 0.3) is 0 Å². The fraction of sp³-hybridized carbons (Fsp3) is 1.00. The molecule has 2 nitrogen and oxygen atoms in total. The molecular formula is C17H29NO. The van der Waals surface area contributed by atoms with Gasteiger partial charge in [0.1, 0.15) is 0 Å². The predicted octanol–water partition coefficient (Wildman–Crippen LogP) is 3.20. The molecule has 5 aliphatic rings. The quantitative estimate of drug-likeness (QED) is 0.848. The Hall–Kier alpha value is -0.0800. The Bertz CT molecular complexity index is 301. The minimum atomic E-state index is 0.454. The van der Waals surface area contributed by atoms with Crippen LogP contribution in [0, 0.1) is 35.0 Å². The van der Waals surface area contributed by atoms with Crippen molar-refractivity contribution in [3.63, 3.8) is 0 Å². The smallest absolute Gasteiger partial charge is 0.0525 e. The summed E-state index contributed by atoms with van der Waals surface area (Å²) in [5.41, 5.74) is 6.44. The van der Waals surface area contributed by atoms with Gasteiger partial charge in [0.15, 0.2) is 0 Å². The molecule has 0 amide bonds. The van der Waals surface area contributed by atoms with Gasteiger partial charge in [0.05, 0.1) is 6.61 Å². The summed E-state index contributed by atoms with van der Waals surface area (Å²) in [6, 6.07) is 0. The molecule has 1 saturated heterocycles. The molecule has 4 bridgehead atoms. The Morgan fingerprint density at radius 3 is 2.21 bits per heavy atom. The third-order valence-electron chi connectivity index (χ3n) is 6.93. The van der Waals surface area contributed by atoms with Crippen molar-refractivity contribution < 1.29 is 4.74 Å². The van der Waals surface area contributed by atoms with E-state index in [1.807, 2.05) is 0 Å². The molecule has 1 unspecified atom stereocenters. The van der Waals surface area contributed by atoms with E-state index < -0.39 is 0 Å². The standard InChI is InChI=1S/C17H29NO/c18-4-3-17(2-1-5-19-11-17)16-14-7-12-6-13(9-14)10-15(16)8-12/h12-16H,1-11,18H2. The second kappa shape index (κ2) is 4.73. The lowest BCUT2D eigenvalue weighted by atomic mass is 9.45. The number of hydrogen-bond donors (Lipinski definition) is 1. The average Bonchev–Trinajstić information content (AvgIpc) is 2.38. The van der Waals surface area contributed by atoms with Gasteiger partial charge in [0.25, 0.3) is 0 Å². The Labute approximate surface area is 117 Å². The van der Waals surface area contributed by atoms with Gasteiger partial charge in [0.2, 0.25) is 0 Å². The summed E-state index contributed by atoms with van der Waals surface area (Å²) in [5, 5.41) is 0. The second-order valence-electron chi connectivity index (χ2n) is 8.01. The van der Waals surface area contributed by atoms with Crippen molar-refractivity contribution in [3.8, 4) is 0 Å². The lowest BCUT2D eigenvalue weighted by Crippen LogP contribution is -2.54. The van der Waals surface area contributed by atoms with Crippen molar-refractivity contribution in [1.82, 2.24) is 0 Å². The Kier molecular flexibility index (Phi) is 3.15. The van der Waals surface area contributed by atoms with Gasteiger partial charge in [-0.2, -0.15) is 0 Å². The SMILES string of the molecule is NCCC1(C2C3CC4CC(C3)CC2C4)CCCOC1. The second-order valence-corrected chi connectivity index (χ2v) is 8.01. The average molecular weight is 263 g/mol. The van der Waals surface area contributed by atoms with Crippen LogP contribution in [0.15, 0.2) is 0 Å². The summed E-state index contributed by atoms with van der Waals surface area (Å²) in [4.78, 5) is 0. The van der Waals surface area contributed by atoms with E-state index in [0.29, 0.717) is 5.41 Å². The molecule has 2 heteroatoms. The molecule has 19 heavy (non-hydrogen) atoms. The number of nitrogens with two attached hydrogens (primary N) is 1. The van der Waals surface area contributed by atoms with Crippen LogP contribution in [0.5, 0.6) is 0 Å². The zero-order valence-corrected chi connectivity index (χ0v) is 12.2. The van der Waals surface area contributed by atoms with Crippen molar-refractivity contribution in [2.24, 2.45) is 40.7 Å². The van der Waals surface area contributed by atoms with E-state index in [-0.39, 0.29) is 0 Å². The van der Waals surface area contributed by atoms with Crippen LogP contribution < -0.4 is 5.73 Å². The summed E-state index contributed by atoms with van der Waals surface area (Å²) in [7, 11) is 0. The first kappa shape index (κ1) is 12.6. The van der Waals surface area contributed by atoms with Crippen molar-refractivity contribution >= 4 is 0 Å². The highest BCUT2D eigenvalue weighted by molar-refractivity contribution is 5.04. The highest BCUT2D eigenvalue weighted by Crippen LogP contribution is 2.62. The molecule has 0 aromatic carbocycles. The molecule has 5 rings (SSSR count). The van der Waals surface area contributed by atoms with Crippen LogP contribution in [0.2, 0.25) is 0 Å². The Balaban J connectivity index is 1.62. The van der Waals surface area contributed by atoms with Crippen LogP contribution in [0.3, 0.4) is 0 Å². The van der Waals surface area contributed by atoms with Crippen molar-refractivity contribution in [1.29, 1.82) is 0 Å². The maximum absolute atomic E-state index is 5.98. The predicted molar refractivity (Wildman–Crippen MR) is 76.7 cm³/mol. The lowest BCUT2D eigenvalue weighted by molar-refractivity contribution is -0.143. The summed E-state index contributed by atoms with van der Waals surface area (Å²) >= 11 is 0. The van der Waals surface area contributed by atoms with Gasteiger partial charge in [-0.25, -0.2) is 0 Å². The molecule has 0 aromatic heterocycles. The van der Waals surface area contributed by atoms with Crippen LogP contribution in [-0.4, -0.2) is 19.8 Å². The van der Waals surface area contributed by atoms with Crippen molar-refractivity contribution in [2.45, 2.75) is 51.4 Å². The van der Waals surface area contributed by atoms with Crippen LogP contribution in [0.4, 0.5) is 0 Å². The van der Waals surface area contributed by atoms with Crippen molar-refractivity contribution in [3.05, 3.63) is 0 Å². The molecule has 108 valence electrons. The molecule has 2 N–H and O–H groups in total. The monoisotopic (exact) mass is 263 g/mol. The van der Waals surface area contributed by atoms with Gasteiger partial charge in [-0.15, -0.1) is 0 Å². The van der Waals surface area contributed by atoms with E-state index in [0.717, 1.165) is 49.3 Å². The molecule has 1 atom stereocenters. The fourth-order valence-corrected chi connectivity index (χ4v) is 6.71. The summed E-state index contributed by atoms with van der Waals surface area (Å²) in [6.07, 6.45) is 11.5. The van der Waals surface area contributed by atoms with Gasteiger partial charge in [-0.1, -0.05) is 0 Å². The molecule has 1 heterocycles. The maximum atomic E-state index is 5.98. The minimum Gasteiger partial charge on any atom is -0.381 e. The third kappa shape index (κ3) is 1.98. The van der Waals surface area contributed by atoms with Gasteiger partial charge in [0, 0.05) is 6.61 Å². The van der Waals surface area contributed by atoms with Crippen LogP contribution >= 0.6 is 0 Å². The maximum Gasteiger partial charge on any atom is 0.0525 e. The minimum absolute atomic E-state index is 0.454. The van der Waals surface area contributed by atoms with E-state index in [2.05, 4.69) is 0 Å². The fourth-order valence-electron chi connectivity index (χ4n) is 6.71. The zero-order valence-electron chi connectivity index (χ0n) is 12.2. The summed E-state index contributed by atoms with van der Waals surface area (Å²) in [5.74, 6) is 5.15. The molecule has 0 aromatic rings. The lowest BCUT2D eigenvalue weighted by Gasteiger charge is -2.61. The number of ether oxygens (including phenoxy) is 1. The first-order valence-corrected chi connectivity index (χ1v) is 8.58. The highest BCUT2D eigenvalue weighted by atomic mass is 16.5. The first-order valence-electron chi connectivity index (χ1n) is 8.58. The molecule has 4 aliphatic carbocycles. The van der Waals surface area contributed by atoms with E-state index in [9.17, 15) is 0 Å². The zero-order chi connectivity index (χ0) is 12.9. The van der Waals surface area contributed by atoms with Gasteiger partial charge in [-0.3, -0.25) is 0 Å². The number of rotatable bonds is 3. The highest BCUT2D eigenvalue weighted by Gasteiger charge is 2.55. The molecule has 1 aliphatic heterocycles. The normalized spacial score (nSPS) is 52.6. The van der Waals surface area contributed by atoms with E-state index in [1.165, 1.54) is 44.9 Å². The molecule has 4 saturated carbocycles. The first-order chi connectivity index (χ1) is 9.31. The van der Waals surface area contributed by atoms with Gasteiger partial charge in [-0.05, 0) is 92.9 Å². The van der Waals surface area contributed by atoms with Gasteiger partial charge < -0.3 is 10.5 Å². The molecule has 0 radical (unpaired) electrons. The number of hydrogen-bond acceptors (Lipinski definition) is 2.